The molecule has 0 atom stereocenters. The number of para-hydroxylation sites is 2. The standard InChI is InChI=1S/C18H13N5O/c24-17-15-16(21-13-9-5-4-8-12(13)20-15)22-18-19-10-14(23(17)18)11-6-2-1-3-7-11/h1-10,20-21H,(H,19,22). The molecule has 5 rings (SSSR count). The third-order valence-electron chi connectivity index (χ3n) is 4.18. The van der Waals surface area contributed by atoms with Gasteiger partial charge in [0.15, 0.2) is 0 Å². The maximum atomic E-state index is 13.0. The first kappa shape index (κ1) is 13.0. The Hall–Kier alpha value is -3.54. The van der Waals surface area contributed by atoms with Crippen molar-refractivity contribution in [1.29, 1.82) is 0 Å². The van der Waals surface area contributed by atoms with Gasteiger partial charge in [-0.05, 0) is 12.1 Å². The number of fused-ring (bicyclic) bond motifs is 3. The Balaban J connectivity index is 1.76. The first-order valence-corrected chi connectivity index (χ1v) is 7.63. The number of aromatic nitrogens is 3. The Morgan fingerprint density at radius 1 is 0.875 bits per heavy atom. The van der Waals surface area contributed by atoms with Crippen molar-refractivity contribution in [3.8, 4) is 11.3 Å². The van der Waals surface area contributed by atoms with Crippen molar-refractivity contribution in [1.82, 2.24) is 14.4 Å². The third kappa shape index (κ3) is 1.77. The highest BCUT2D eigenvalue weighted by Gasteiger charge is 2.21. The maximum Gasteiger partial charge on any atom is 0.285 e. The summed E-state index contributed by atoms with van der Waals surface area (Å²) in [5.74, 6) is 1.13. The van der Waals surface area contributed by atoms with Crippen LogP contribution in [0.3, 0.4) is 0 Å². The predicted molar refractivity (Wildman–Crippen MR) is 94.3 cm³/mol. The summed E-state index contributed by atoms with van der Waals surface area (Å²) in [6.07, 6.45) is 1.71. The lowest BCUT2D eigenvalue weighted by molar-refractivity contribution is 1.06. The van der Waals surface area contributed by atoms with Crippen molar-refractivity contribution in [2.75, 3.05) is 10.6 Å². The zero-order valence-electron chi connectivity index (χ0n) is 12.6. The summed E-state index contributed by atoms with van der Waals surface area (Å²) in [6.45, 7) is 0. The van der Waals surface area contributed by atoms with Gasteiger partial charge in [-0.15, -0.1) is 0 Å². The molecule has 2 aromatic carbocycles. The van der Waals surface area contributed by atoms with Crippen LogP contribution in [0.1, 0.15) is 0 Å². The van der Waals surface area contributed by atoms with Crippen molar-refractivity contribution in [3.05, 3.63) is 71.1 Å². The second-order valence-corrected chi connectivity index (χ2v) is 5.64. The molecule has 116 valence electrons. The van der Waals surface area contributed by atoms with Gasteiger partial charge in [0, 0.05) is 5.56 Å². The lowest BCUT2D eigenvalue weighted by atomic mass is 10.2. The molecule has 6 nitrogen and oxygen atoms in total. The number of H-pyrrole nitrogens is 1. The summed E-state index contributed by atoms with van der Waals surface area (Å²) < 4.78 is 1.59. The fourth-order valence-electron chi connectivity index (χ4n) is 3.03. The van der Waals surface area contributed by atoms with Gasteiger partial charge in [0.25, 0.3) is 5.56 Å². The fraction of sp³-hybridized carbons (Fsp3) is 0. The molecular formula is C18H13N5O. The van der Waals surface area contributed by atoms with Crippen molar-refractivity contribution in [2.24, 2.45) is 0 Å². The molecule has 0 radical (unpaired) electrons. The summed E-state index contributed by atoms with van der Waals surface area (Å²) >= 11 is 0. The van der Waals surface area contributed by atoms with E-state index in [0.29, 0.717) is 17.3 Å². The van der Waals surface area contributed by atoms with Gasteiger partial charge < -0.3 is 15.6 Å². The number of nitrogens with one attached hydrogen (secondary N) is 3. The van der Waals surface area contributed by atoms with Gasteiger partial charge in [-0.1, -0.05) is 42.5 Å². The number of aromatic amines is 1. The average molecular weight is 315 g/mol. The van der Waals surface area contributed by atoms with Crippen LogP contribution in [0.15, 0.2) is 65.6 Å². The summed E-state index contributed by atoms with van der Waals surface area (Å²) in [7, 11) is 0. The van der Waals surface area contributed by atoms with Gasteiger partial charge in [-0.2, -0.15) is 0 Å². The van der Waals surface area contributed by atoms with E-state index in [0.717, 1.165) is 22.6 Å². The summed E-state index contributed by atoms with van der Waals surface area (Å²) in [5.41, 5.74) is 3.83. The Bertz CT molecular complexity index is 1130. The molecule has 1 aliphatic heterocycles. The normalized spacial score (nSPS) is 12.2. The molecule has 24 heavy (non-hydrogen) atoms. The number of nitrogens with zero attached hydrogens (tertiary/aromatic N) is 2. The second-order valence-electron chi connectivity index (χ2n) is 5.64. The van der Waals surface area contributed by atoms with Crippen LogP contribution in [0.5, 0.6) is 0 Å². The van der Waals surface area contributed by atoms with E-state index in [1.807, 2.05) is 54.6 Å². The van der Waals surface area contributed by atoms with Crippen molar-refractivity contribution >= 4 is 28.7 Å². The molecule has 2 aromatic heterocycles. The highest BCUT2D eigenvalue weighted by atomic mass is 16.1. The molecule has 1 aliphatic rings. The molecule has 0 bridgehead atoms. The molecule has 3 N–H and O–H groups in total. The van der Waals surface area contributed by atoms with Crippen LogP contribution in [0.25, 0.3) is 17.0 Å². The molecule has 0 spiro atoms. The van der Waals surface area contributed by atoms with E-state index < -0.39 is 0 Å². The lowest BCUT2D eigenvalue weighted by Crippen LogP contribution is -2.23. The van der Waals surface area contributed by atoms with E-state index in [1.165, 1.54) is 0 Å². The fourth-order valence-corrected chi connectivity index (χ4v) is 3.03. The molecule has 0 aliphatic carbocycles. The van der Waals surface area contributed by atoms with Gasteiger partial charge in [0.2, 0.25) is 5.78 Å². The number of rotatable bonds is 1. The van der Waals surface area contributed by atoms with E-state index in [-0.39, 0.29) is 5.56 Å². The largest absolute Gasteiger partial charge is 0.346 e. The Kier molecular flexibility index (Phi) is 2.55. The monoisotopic (exact) mass is 315 g/mol. The van der Waals surface area contributed by atoms with Gasteiger partial charge in [0.1, 0.15) is 11.5 Å². The number of benzene rings is 2. The number of hydrogen-bond acceptors (Lipinski definition) is 4. The van der Waals surface area contributed by atoms with Gasteiger partial charge >= 0.3 is 0 Å². The van der Waals surface area contributed by atoms with E-state index in [2.05, 4.69) is 20.6 Å². The number of hydrogen-bond donors (Lipinski definition) is 3. The SMILES string of the molecule is O=c1c2c([nH]c3ncc(-c4ccccc4)n13)Nc1ccccc1N2. The molecule has 6 heteroatoms. The minimum Gasteiger partial charge on any atom is -0.346 e. The molecule has 3 heterocycles. The summed E-state index contributed by atoms with van der Waals surface area (Å²) in [6, 6.07) is 17.5. The Labute approximate surface area is 136 Å². The molecular weight excluding hydrogens is 302 g/mol. The number of anilines is 4. The Morgan fingerprint density at radius 2 is 1.58 bits per heavy atom. The topological polar surface area (TPSA) is 74.2 Å². The molecule has 0 amide bonds. The van der Waals surface area contributed by atoms with Crippen LogP contribution >= 0.6 is 0 Å². The van der Waals surface area contributed by atoms with Crippen LogP contribution in [0.2, 0.25) is 0 Å². The van der Waals surface area contributed by atoms with E-state index in [9.17, 15) is 4.79 Å². The van der Waals surface area contributed by atoms with Crippen LogP contribution in [0.4, 0.5) is 22.9 Å². The predicted octanol–water partition coefficient (Wildman–Crippen LogP) is 3.49. The molecule has 4 aromatic rings. The quantitative estimate of drug-likeness (QED) is 0.443. The number of imidazole rings is 1. The van der Waals surface area contributed by atoms with Crippen LogP contribution in [-0.2, 0) is 0 Å². The van der Waals surface area contributed by atoms with Gasteiger partial charge in [-0.25, -0.2) is 9.38 Å². The molecule has 0 saturated heterocycles. The first-order valence-electron chi connectivity index (χ1n) is 7.63. The van der Waals surface area contributed by atoms with Crippen molar-refractivity contribution in [3.63, 3.8) is 0 Å². The van der Waals surface area contributed by atoms with E-state index >= 15 is 0 Å². The van der Waals surface area contributed by atoms with E-state index in [1.54, 1.807) is 10.6 Å². The third-order valence-corrected chi connectivity index (χ3v) is 4.18. The lowest BCUT2D eigenvalue weighted by Gasteiger charge is -2.22. The zero-order chi connectivity index (χ0) is 16.1. The highest BCUT2D eigenvalue weighted by molar-refractivity contribution is 5.88. The Morgan fingerprint density at radius 3 is 2.38 bits per heavy atom. The highest BCUT2D eigenvalue weighted by Crippen LogP contribution is 2.35. The minimum atomic E-state index is -0.142. The van der Waals surface area contributed by atoms with Crippen LogP contribution in [-0.4, -0.2) is 14.4 Å². The maximum absolute atomic E-state index is 13.0. The zero-order valence-corrected chi connectivity index (χ0v) is 12.6. The van der Waals surface area contributed by atoms with Crippen molar-refractivity contribution in [2.45, 2.75) is 0 Å². The smallest absolute Gasteiger partial charge is 0.285 e. The van der Waals surface area contributed by atoms with Crippen LogP contribution in [0, 0.1) is 0 Å². The molecule has 0 unspecified atom stereocenters. The van der Waals surface area contributed by atoms with Gasteiger partial charge in [0.05, 0.1) is 23.3 Å². The molecule has 0 fully saturated rings. The second kappa shape index (κ2) is 4.73. The van der Waals surface area contributed by atoms with E-state index in [4.69, 9.17) is 0 Å². The van der Waals surface area contributed by atoms with Crippen LogP contribution < -0.4 is 16.2 Å². The first-order chi connectivity index (χ1) is 11.8. The molecule has 0 saturated carbocycles. The summed E-state index contributed by atoms with van der Waals surface area (Å²) in [4.78, 5) is 20.6. The minimum absolute atomic E-state index is 0.142. The average Bonchev–Trinajstić information content (AvgIpc) is 3.05. The van der Waals surface area contributed by atoms with Crippen molar-refractivity contribution < 1.29 is 0 Å². The van der Waals surface area contributed by atoms with Gasteiger partial charge in [-0.3, -0.25) is 4.79 Å². The summed E-state index contributed by atoms with van der Waals surface area (Å²) in [5, 5.41) is 6.47.